The van der Waals surface area contributed by atoms with Crippen LogP contribution in [0.5, 0.6) is 0 Å². The molecule has 1 N–H and O–H groups in total. The maximum absolute atomic E-state index is 10.5. The molecule has 0 radical (unpaired) electrons. The molecule has 4 bridgehead atoms. The molecule has 3 heteroatoms. The van der Waals surface area contributed by atoms with Crippen molar-refractivity contribution < 1.29 is 9.84 Å². The fraction of sp³-hybridized carbons (Fsp3) is 1.00. The zero-order valence-electron chi connectivity index (χ0n) is 15.0. The van der Waals surface area contributed by atoms with E-state index in [1.807, 2.05) is 0 Å². The normalized spacial score (nSPS) is 47.9. The predicted octanol–water partition coefficient (Wildman–Crippen LogP) is 3.31. The van der Waals surface area contributed by atoms with Gasteiger partial charge in [-0.3, -0.25) is 0 Å². The van der Waals surface area contributed by atoms with Crippen molar-refractivity contribution in [2.75, 3.05) is 26.2 Å². The number of rotatable bonds is 5. The summed E-state index contributed by atoms with van der Waals surface area (Å²) in [6, 6.07) is 0. The molecule has 1 saturated heterocycles. The second-order valence-corrected chi connectivity index (χ2v) is 9.73. The van der Waals surface area contributed by atoms with E-state index in [0.717, 1.165) is 49.2 Å². The highest BCUT2D eigenvalue weighted by Gasteiger charge is 2.51. The Balaban J connectivity index is 1.27. The summed E-state index contributed by atoms with van der Waals surface area (Å²) in [4.78, 5) is 2.45. The smallest absolute Gasteiger partial charge is 0.0900 e. The first kappa shape index (κ1) is 16.4. The second-order valence-electron chi connectivity index (χ2n) is 9.73. The molecule has 4 aliphatic carbocycles. The highest BCUT2D eigenvalue weighted by molar-refractivity contribution is 5.03. The Kier molecular flexibility index (Phi) is 4.49. The van der Waals surface area contributed by atoms with Gasteiger partial charge >= 0.3 is 0 Å². The number of β-amino-alcohol motifs (C(OH)–C–C–N with tert-alkyl or cyclic N) is 1. The number of piperidine rings is 1. The molecule has 5 rings (SSSR count). The predicted molar refractivity (Wildman–Crippen MR) is 92.2 cm³/mol. The van der Waals surface area contributed by atoms with Gasteiger partial charge in [-0.2, -0.15) is 0 Å². The van der Waals surface area contributed by atoms with E-state index < -0.39 is 0 Å². The van der Waals surface area contributed by atoms with E-state index in [0.29, 0.717) is 6.61 Å². The van der Waals surface area contributed by atoms with Crippen molar-refractivity contribution >= 4 is 0 Å². The first-order valence-electron chi connectivity index (χ1n) is 10.0. The standard InChI is InChI=1S/C20H35NO2/c1-14-3-15(2)11-21(10-14)12-19(22)13-23-20-7-16-4-17(8-20)6-18(5-16)9-20/h14-19,22H,3-13H2,1-2H3/t14-,15-,16?,17?,18?,19-,20?/m0/s1. The van der Waals surface area contributed by atoms with Crippen molar-refractivity contribution in [1.29, 1.82) is 0 Å². The molecule has 1 aliphatic heterocycles. The van der Waals surface area contributed by atoms with Gasteiger partial charge in [0.1, 0.15) is 0 Å². The van der Waals surface area contributed by atoms with E-state index in [-0.39, 0.29) is 11.7 Å². The van der Waals surface area contributed by atoms with Gasteiger partial charge in [0.05, 0.1) is 18.3 Å². The van der Waals surface area contributed by atoms with Crippen molar-refractivity contribution in [2.24, 2.45) is 29.6 Å². The number of ether oxygens (including phenoxy) is 1. The fourth-order valence-corrected chi connectivity index (χ4v) is 6.77. The molecule has 0 aromatic heterocycles. The lowest BCUT2D eigenvalue weighted by Crippen LogP contribution is -2.53. The number of aliphatic hydroxyl groups is 1. The molecule has 0 aromatic carbocycles. The molecule has 0 amide bonds. The van der Waals surface area contributed by atoms with E-state index in [2.05, 4.69) is 18.7 Å². The quantitative estimate of drug-likeness (QED) is 0.843. The van der Waals surface area contributed by atoms with Crippen LogP contribution < -0.4 is 0 Å². The van der Waals surface area contributed by atoms with Gasteiger partial charge in [0, 0.05) is 19.6 Å². The third-order valence-electron chi connectivity index (χ3n) is 6.98. The first-order valence-corrected chi connectivity index (χ1v) is 10.0. The van der Waals surface area contributed by atoms with Crippen LogP contribution in [0.2, 0.25) is 0 Å². The Hall–Kier alpha value is -0.120. The summed E-state index contributed by atoms with van der Waals surface area (Å²) in [5.74, 6) is 4.27. The van der Waals surface area contributed by atoms with Gasteiger partial charge in [-0.25, -0.2) is 0 Å². The molecule has 0 spiro atoms. The molecule has 3 atom stereocenters. The molecule has 23 heavy (non-hydrogen) atoms. The van der Waals surface area contributed by atoms with Crippen LogP contribution in [-0.4, -0.2) is 48.0 Å². The SMILES string of the molecule is C[C@H]1C[C@H](C)CN(C[C@H](O)COC23CC4CC(CC(C4)C2)C3)C1. The molecule has 5 aliphatic rings. The number of hydrogen-bond acceptors (Lipinski definition) is 3. The number of nitrogens with zero attached hydrogens (tertiary/aromatic N) is 1. The zero-order chi connectivity index (χ0) is 16.0. The van der Waals surface area contributed by atoms with Crippen molar-refractivity contribution in [3.8, 4) is 0 Å². The van der Waals surface area contributed by atoms with Crippen LogP contribution in [0.1, 0.15) is 58.8 Å². The summed E-state index contributed by atoms with van der Waals surface area (Å²) in [7, 11) is 0. The number of likely N-dealkylation sites (tertiary alicyclic amines) is 1. The molecule has 0 aromatic rings. The maximum Gasteiger partial charge on any atom is 0.0900 e. The molecule has 1 heterocycles. The van der Waals surface area contributed by atoms with E-state index in [1.54, 1.807) is 0 Å². The van der Waals surface area contributed by atoms with Crippen molar-refractivity contribution in [3.05, 3.63) is 0 Å². The zero-order valence-corrected chi connectivity index (χ0v) is 15.0. The van der Waals surface area contributed by atoms with Crippen molar-refractivity contribution in [1.82, 2.24) is 4.90 Å². The van der Waals surface area contributed by atoms with Crippen LogP contribution in [0.3, 0.4) is 0 Å². The topological polar surface area (TPSA) is 32.7 Å². The molecular formula is C20H35NO2. The minimum absolute atomic E-state index is 0.137. The van der Waals surface area contributed by atoms with Crippen LogP contribution in [0.25, 0.3) is 0 Å². The average molecular weight is 322 g/mol. The van der Waals surface area contributed by atoms with Crippen LogP contribution in [-0.2, 0) is 4.74 Å². The molecule has 4 saturated carbocycles. The lowest BCUT2D eigenvalue weighted by molar-refractivity contribution is -0.176. The van der Waals surface area contributed by atoms with Gasteiger partial charge in [0.25, 0.3) is 0 Å². The van der Waals surface area contributed by atoms with Gasteiger partial charge in [0.2, 0.25) is 0 Å². The monoisotopic (exact) mass is 321 g/mol. The third-order valence-corrected chi connectivity index (χ3v) is 6.98. The fourth-order valence-electron chi connectivity index (χ4n) is 6.77. The minimum Gasteiger partial charge on any atom is -0.389 e. The van der Waals surface area contributed by atoms with E-state index in [9.17, 15) is 5.11 Å². The highest BCUT2D eigenvalue weighted by Crippen LogP contribution is 2.57. The summed E-state index contributed by atoms with van der Waals surface area (Å²) in [6.45, 7) is 8.28. The minimum atomic E-state index is -0.319. The maximum atomic E-state index is 10.5. The summed E-state index contributed by atoms with van der Waals surface area (Å²) in [6.07, 6.45) is 9.17. The third kappa shape index (κ3) is 3.62. The molecule has 3 nitrogen and oxygen atoms in total. The van der Waals surface area contributed by atoms with Gasteiger partial charge in [0.15, 0.2) is 0 Å². The van der Waals surface area contributed by atoms with Crippen LogP contribution in [0, 0.1) is 29.6 Å². The van der Waals surface area contributed by atoms with Gasteiger partial charge in [-0.1, -0.05) is 13.8 Å². The lowest BCUT2D eigenvalue weighted by atomic mass is 9.54. The summed E-state index contributed by atoms with van der Waals surface area (Å²) in [5, 5.41) is 10.5. The first-order chi connectivity index (χ1) is 11.0. The van der Waals surface area contributed by atoms with Crippen LogP contribution in [0.15, 0.2) is 0 Å². The van der Waals surface area contributed by atoms with Crippen LogP contribution in [0.4, 0.5) is 0 Å². The van der Waals surface area contributed by atoms with Crippen molar-refractivity contribution in [3.63, 3.8) is 0 Å². The van der Waals surface area contributed by atoms with Crippen molar-refractivity contribution in [2.45, 2.75) is 70.5 Å². The summed E-state index contributed by atoms with van der Waals surface area (Å²) < 4.78 is 6.42. The molecule has 0 unspecified atom stereocenters. The van der Waals surface area contributed by atoms with E-state index in [4.69, 9.17) is 4.74 Å². The number of aliphatic hydroxyl groups excluding tert-OH is 1. The Morgan fingerprint density at radius 2 is 1.48 bits per heavy atom. The summed E-state index contributed by atoms with van der Waals surface area (Å²) >= 11 is 0. The summed E-state index contributed by atoms with van der Waals surface area (Å²) in [5.41, 5.74) is 0.137. The lowest BCUT2D eigenvalue weighted by Gasteiger charge is -2.56. The van der Waals surface area contributed by atoms with E-state index in [1.165, 1.54) is 44.9 Å². The second kappa shape index (κ2) is 6.31. The molecular weight excluding hydrogens is 286 g/mol. The number of hydrogen-bond donors (Lipinski definition) is 1. The van der Waals surface area contributed by atoms with Crippen LogP contribution >= 0.6 is 0 Å². The Morgan fingerprint density at radius 3 is 2.00 bits per heavy atom. The van der Waals surface area contributed by atoms with E-state index >= 15 is 0 Å². The highest BCUT2D eigenvalue weighted by atomic mass is 16.5. The van der Waals surface area contributed by atoms with Gasteiger partial charge in [-0.15, -0.1) is 0 Å². The Labute approximate surface area is 141 Å². The largest absolute Gasteiger partial charge is 0.389 e. The average Bonchev–Trinajstić information content (AvgIpc) is 2.42. The Morgan fingerprint density at radius 1 is 0.957 bits per heavy atom. The van der Waals surface area contributed by atoms with Gasteiger partial charge in [-0.05, 0) is 74.5 Å². The molecule has 132 valence electrons. The Bertz CT molecular complexity index is 379. The van der Waals surface area contributed by atoms with Gasteiger partial charge < -0.3 is 14.7 Å². The molecule has 5 fully saturated rings.